The van der Waals surface area contributed by atoms with E-state index in [4.69, 9.17) is 0 Å². The highest BCUT2D eigenvalue weighted by Gasteiger charge is 2.30. The molecule has 24 heavy (non-hydrogen) atoms. The zero-order valence-corrected chi connectivity index (χ0v) is 14.2. The van der Waals surface area contributed by atoms with Gasteiger partial charge in [0.05, 0.1) is 5.92 Å². The normalized spacial score (nSPS) is 13.1. The summed E-state index contributed by atoms with van der Waals surface area (Å²) in [5, 5.41) is 12.4. The molecule has 2 rings (SSSR count). The first-order valence-corrected chi connectivity index (χ1v) is 8.02. The average molecular weight is 325 g/mol. The SMILES string of the molecule is Cc1cc(C)cc(C[C@H](C(=O)O)[C@@H](C)C(=O)Nc2ccccc2)c1. The first-order chi connectivity index (χ1) is 11.4. The Morgan fingerprint density at radius 2 is 1.62 bits per heavy atom. The van der Waals surface area contributed by atoms with Crippen LogP contribution in [-0.2, 0) is 16.0 Å². The van der Waals surface area contributed by atoms with Crippen molar-refractivity contribution in [1.29, 1.82) is 0 Å². The van der Waals surface area contributed by atoms with Crippen LogP contribution in [0.2, 0.25) is 0 Å². The third-order valence-corrected chi connectivity index (χ3v) is 4.11. The van der Waals surface area contributed by atoms with Crippen LogP contribution in [0.3, 0.4) is 0 Å². The van der Waals surface area contributed by atoms with Gasteiger partial charge in [0.1, 0.15) is 0 Å². The Morgan fingerprint density at radius 1 is 1.04 bits per heavy atom. The van der Waals surface area contributed by atoms with Crippen molar-refractivity contribution in [3.8, 4) is 0 Å². The van der Waals surface area contributed by atoms with Gasteiger partial charge in [-0.1, -0.05) is 54.4 Å². The van der Waals surface area contributed by atoms with Crippen molar-refractivity contribution in [2.45, 2.75) is 27.2 Å². The van der Waals surface area contributed by atoms with Crippen LogP contribution in [0.1, 0.15) is 23.6 Å². The number of hydrogen-bond acceptors (Lipinski definition) is 2. The van der Waals surface area contributed by atoms with Gasteiger partial charge in [-0.05, 0) is 38.0 Å². The fourth-order valence-corrected chi connectivity index (χ4v) is 2.88. The molecule has 0 aliphatic rings. The van der Waals surface area contributed by atoms with Crippen LogP contribution >= 0.6 is 0 Å². The fourth-order valence-electron chi connectivity index (χ4n) is 2.88. The van der Waals surface area contributed by atoms with E-state index in [1.54, 1.807) is 19.1 Å². The zero-order chi connectivity index (χ0) is 17.7. The Bertz CT molecular complexity index is 705. The highest BCUT2D eigenvalue weighted by atomic mass is 16.4. The number of carbonyl (C=O) groups excluding carboxylic acids is 1. The average Bonchev–Trinajstić information content (AvgIpc) is 2.51. The molecule has 0 bridgehead atoms. The van der Waals surface area contributed by atoms with Crippen molar-refractivity contribution in [1.82, 2.24) is 0 Å². The number of carboxylic acid groups (broad SMARTS) is 1. The summed E-state index contributed by atoms with van der Waals surface area (Å²) in [6.07, 6.45) is 0.335. The fraction of sp³-hybridized carbons (Fsp3) is 0.300. The van der Waals surface area contributed by atoms with Crippen molar-refractivity contribution >= 4 is 17.6 Å². The summed E-state index contributed by atoms with van der Waals surface area (Å²) in [5.74, 6) is -2.64. The summed E-state index contributed by atoms with van der Waals surface area (Å²) in [4.78, 5) is 24.1. The maximum absolute atomic E-state index is 12.4. The Balaban J connectivity index is 2.14. The minimum atomic E-state index is -0.954. The Hall–Kier alpha value is -2.62. The molecule has 2 aromatic carbocycles. The van der Waals surface area contributed by atoms with Gasteiger partial charge >= 0.3 is 5.97 Å². The molecule has 2 aromatic rings. The van der Waals surface area contributed by atoms with E-state index in [2.05, 4.69) is 5.32 Å². The Kier molecular flexibility index (Phi) is 5.74. The molecule has 0 heterocycles. The number of para-hydroxylation sites is 1. The first kappa shape index (κ1) is 17.7. The monoisotopic (exact) mass is 325 g/mol. The predicted molar refractivity (Wildman–Crippen MR) is 95.0 cm³/mol. The lowest BCUT2D eigenvalue weighted by atomic mass is 9.86. The Labute approximate surface area is 142 Å². The minimum absolute atomic E-state index is 0.280. The minimum Gasteiger partial charge on any atom is -0.481 e. The van der Waals surface area contributed by atoms with E-state index >= 15 is 0 Å². The second-order valence-corrected chi connectivity index (χ2v) is 6.29. The van der Waals surface area contributed by atoms with E-state index in [-0.39, 0.29) is 5.91 Å². The molecular formula is C20H23NO3. The second kappa shape index (κ2) is 7.77. The van der Waals surface area contributed by atoms with Crippen molar-refractivity contribution in [3.63, 3.8) is 0 Å². The molecule has 4 nitrogen and oxygen atoms in total. The second-order valence-electron chi connectivity index (χ2n) is 6.29. The number of nitrogens with one attached hydrogen (secondary N) is 1. The number of aliphatic carboxylic acids is 1. The highest BCUT2D eigenvalue weighted by Crippen LogP contribution is 2.22. The van der Waals surface area contributed by atoms with Crippen LogP contribution in [0.15, 0.2) is 48.5 Å². The molecule has 4 heteroatoms. The van der Waals surface area contributed by atoms with Gasteiger partial charge in [-0.3, -0.25) is 9.59 Å². The third-order valence-electron chi connectivity index (χ3n) is 4.11. The van der Waals surface area contributed by atoms with Crippen molar-refractivity contribution < 1.29 is 14.7 Å². The van der Waals surface area contributed by atoms with Crippen molar-refractivity contribution in [2.24, 2.45) is 11.8 Å². The number of aryl methyl sites for hydroxylation is 2. The molecule has 1 amide bonds. The van der Waals surface area contributed by atoms with E-state index in [0.29, 0.717) is 12.1 Å². The van der Waals surface area contributed by atoms with Gasteiger partial charge < -0.3 is 10.4 Å². The van der Waals surface area contributed by atoms with E-state index in [1.165, 1.54) is 0 Å². The van der Waals surface area contributed by atoms with Gasteiger partial charge in [-0.15, -0.1) is 0 Å². The maximum Gasteiger partial charge on any atom is 0.307 e. The van der Waals surface area contributed by atoms with E-state index in [9.17, 15) is 14.7 Å². The van der Waals surface area contributed by atoms with Gasteiger partial charge in [-0.2, -0.15) is 0 Å². The molecular weight excluding hydrogens is 302 g/mol. The zero-order valence-electron chi connectivity index (χ0n) is 14.2. The van der Waals surface area contributed by atoms with Crippen LogP contribution in [0.25, 0.3) is 0 Å². The van der Waals surface area contributed by atoms with Gasteiger partial charge in [-0.25, -0.2) is 0 Å². The number of amides is 1. The van der Waals surface area contributed by atoms with E-state index < -0.39 is 17.8 Å². The topological polar surface area (TPSA) is 66.4 Å². The van der Waals surface area contributed by atoms with Crippen LogP contribution in [0.4, 0.5) is 5.69 Å². The molecule has 2 N–H and O–H groups in total. The van der Waals surface area contributed by atoms with Crippen molar-refractivity contribution in [2.75, 3.05) is 5.32 Å². The first-order valence-electron chi connectivity index (χ1n) is 8.02. The molecule has 0 saturated heterocycles. The molecule has 0 fully saturated rings. The Morgan fingerprint density at radius 3 is 2.17 bits per heavy atom. The van der Waals surface area contributed by atoms with Crippen LogP contribution in [0, 0.1) is 25.7 Å². The van der Waals surface area contributed by atoms with Gasteiger partial charge in [0, 0.05) is 11.6 Å². The van der Waals surface area contributed by atoms with Gasteiger partial charge in [0.15, 0.2) is 0 Å². The summed E-state index contributed by atoms with van der Waals surface area (Å²) in [7, 11) is 0. The lowest BCUT2D eigenvalue weighted by Crippen LogP contribution is -2.33. The molecule has 2 atom stereocenters. The molecule has 0 saturated carbocycles. The molecule has 0 aromatic heterocycles. The molecule has 126 valence electrons. The van der Waals surface area contributed by atoms with Gasteiger partial charge in [0.2, 0.25) is 5.91 Å². The molecule has 0 spiro atoms. The lowest BCUT2D eigenvalue weighted by molar-refractivity contribution is -0.145. The summed E-state index contributed by atoms with van der Waals surface area (Å²) < 4.78 is 0. The van der Waals surface area contributed by atoms with Crippen LogP contribution < -0.4 is 5.32 Å². The van der Waals surface area contributed by atoms with Crippen LogP contribution in [-0.4, -0.2) is 17.0 Å². The quantitative estimate of drug-likeness (QED) is 0.848. The van der Waals surface area contributed by atoms with E-state index in [1.807, 2.05) is 50.2 Å². The summed E-state index contributed by atoms with van der Waals surface area (Å²) in [6, 6.07) is 15.1. The summed E-state index contributed by atoms with van der Waals surface area (Å²) in [5.41, 5.74) is 3.80. The number of rotatable bonds is 6. The maximum atomic E-state index is 12.4. The van der Waals surface area contributed by atoms with E-state index in [0.717, 1.165) is 16.7 Å². The van der Waals surface area contributed by atoms with Crippen LogP contribution in [0.5, 0.6) is 0 Å². The molecule has 0 aliphatic carbocycles. The number of carboxylic acids is 1. The number of carbonyl (C=O) groups is 2. The lowest BCUT2D eigenvalue weighted by Gasteiger charge is -2.20. The number of anilines is 1. The van der Waals surface area contributed by atoms with Gasteiger partial charge in [0.25, 0.3) is 0 Å². The largest absolute Gasteiger partial charge is 0.481 e. The molecule has 0 aliphatic heterocycles. The molecule has 0 radical (unpaired) electrons. The number of hydrogen-bond donors (Lipinski definition) is 2. The van der Waals surface area contributed by atoms with Crippen molar-refractivity contribution in [3.05, 3.63) is 65.2 Å². The highest BCUT2D eigenvalue weighted by molar-refractivity contribution is 5.94. The number of benzene rings is 2. The summed E-state index contributed by atoms with van der Waals surface area (Å²) in [6.45, 7) is 5.63. The smallest absolute Gasteiger partial charge is 0.307 e. The predicted octanol–water partition coefficient (Wildman–Crippen LogP) is 3.82. The standard InChI is InChI=1S/C20H23NO3/c1-13-9-14(2)11-16(10-13)12-18(20(23)24)15(3)19(22)21-17-7-5-4-6-8-17/h4-11,15,18H,12H2,1-3H3,(H,21,22)(H,23,24)/t15-,18+/m1/s1. The summed E-state index contributed by atoms with van der Waals surface area (Å²) >= 11 is 0. The molecule has 0 unspecified atom stereocenters. The third kappa shape index (κ3) is 4.69.